The lowest BCUT2D eigenvalue weighted by atomic mass is 10.1. The van der Waals surface area contributed by atoms with Crippen LogP contribution in [0.25, 0.3) is 0 Å². The highest BCUT2D eigenvalue weighted by molar-refractivity contribution is 7.95. The monoisotopic (exact) mass is 814 g/mol. The predicted molar refractivity (Wildman–Crippen MR) is 259 cm³/mol. The molecule has 0 N–H and O–H groups in total. The van der Waals surface area contributed by atoms with E-state index in [0.717, 1.165) is 30.2 Å². The van der Waals surface area contributed by atoms with Crippen LogP contribution in [0.1, 0.15) is 69.4 Å². The minimum atomic E-state index is -2.22. The summed E-state index contributed by atoms with van der Waals surface area (Å²) in [5.41, 5.74) is 2.37. The average molecular weight is 815 g/mol. The molecule has 0 atom stereocenters. The Kier molecular flexibility index (Phi) is 15.2. The number of benzene rings is 7. The molecule has 300 valence electrons. The molecular weight excluding hydrogens is 755 g/mol. The first-order valence-corrected chi connectivity index (χ1v) is 25.6. The van der Waals surface area contributed by atoms with Gasteiger partial charge in [0.1, 0.15) is 70.2 Å². The lowest BCUT2D eigenvalue weighted by Gasteiger charge is -2.30. The molecule has 0 aromatic heterocycles. The second-order valence-corrected chi connectivity index (χ2v) is 22.5. The van der Waals surface area contributed by atoms with Gasteiger partial charge in [0.25, 0.3) is 0 Å². The first-order chi connectivity index (χ1) is 29.2. The van der Waals surface area contributed by atoms with Crippen molar-refractivity contribution in [1.82, 2.24) is 0 Å². The molecule has 7 rings (SSSR count). The Morgan fingerprint density at radius 3 is 0.966 bits per heavy atom. The van der Waals surface area contributed by atoms with Crippen molar-refractivity contribution in [2.75, 3.05) is 13.7 Å². The van der Waals surface area contributed by atoms with E-state index in [9.17, 15) is 0 Å². The summed E-state index contributed by atoms with van der Waals surface area (Å²) in [7, 11) is -2.60. The molecular formula is C55H60O2P2+2. The average Bonchev–Trinajstić information content (AvgIpc) is 3.31. The number of rotatable bonds is 21. The first kappa shape index (κ1) is 42.1. The van der Waals surface area contributed by atoms with Gasteiger partial charge in [-0.05, 0) is 91.3 Å². The van der Waals surface area contributed by atoms with Gasteiger partial charge in [-0.1, -0.05) is 161 Å². The minimum Gasteiger partial charge on any atom is -0.496 e. The number of ether oxygens (including phenoxy) is 2. The van der Waals surface area contributed by atoms with Crippen LogP contribution in [-0.2, 0) is 12.3 Å². The number of hydrogen-bond acceptors (Lipinski definition) is 2. The number of hydrogen-bond donors (Lipinski definition) is 0. The molecule has 59 heavy (non-hydrogen) atoms. The van der Waals surface area contributed by atoms with Crippen molar-refractivity contribution in [3.05, 3.63) is 205 Å². The Morgan fingerprint density at radius 1 is 0.356 bits per heavy atom. The molecule has 0 radical (unpaired) electrons. The van der Waals surface area contributed by atoms with Gasteiger partial charge in [-0.3, -0.25) is 0 Å². The summed E-state index contributed by atoms with van der Waals surface area (Å²) in [5.74, 6) is 1.89. The fourth-order valence-corrected chi connectivity index (χ4v) is 17.2. The Morgan fingerprint density at radius 2 is 0.644 bits per heavy atom. The van der Waals surface area contributed by atoms with Crippen molar-refractivity contribution in [2.45, 2.75) is 70.6 Å². The van der Waals surface area contributed by atoms with Crippen LogP contribution in [0.4, 0.5) is 0 Å². The van der Waals surface area contributed by atoms with Gasteiger partial charge < -0.3 is 9.47 Å². The van der Waals surface area contributed by atoms with Gasteiger partial charge in [-0.15, -0.1) is 0 Å². The third kappa shape index (κ3) is 9.90. The van der Waals surface area contributed by atoms with Gasteiger partial charge in [0.05, 0.1) is 13.7 Å². The fraction of sp³-hybridized carbons (Fsp3) is 0.236. The summed E-state index contributed by atoms with van der Waals surface area (Å²) in [6.45, 7) is 2.98. The zero-order valence-corrected chi connectivity index (χ0v) is 36.8. The Labute approximate surface area is 355 Å². The minimum absolute atomic E-state index is 0.692. The third-order valence-corrected chi connectivity index (χ3v) is 20.4. The Bertz CT molecular complexity index is 2070. The standard InChI is InChI=1S/C55H60O2P2/c1-3-4-5-6-7-8-9-28-41-57-55-43-46(44-58(48-29-16-10-17-30-48,49-31-18-11-19-32-49)50-33-20-12-21-34-50)54(56-2)42-47(55)45-59(51-35-22-13-23-36-51,52-37-24-14-25-38-52)53-39-26-15-27-40-53/h10-27,29-40,42-43H,3-9,28,41,44-45H2,1-2H3/q+2. The molecule has 2 nitrogen and oxygen atoms in total. The van der Waals surface area contributed by atoms with Gasteiger partial charge in [0.15, 0.2) is 0 Å². The largest absolute Gasteiger partial charge is 0.496 e. The second-order valence-electron chi connectivity index (χ2n) is 15.5. The molecule has 0 aliphatic carbocycles. The maximum atomic E-state index is 7.08. The molecule has 0 fully saturated rings. The summed E-state index contributed by atoms with van der Waals surface area (Å²) in [6.07, 6.45) is 11.7. The molecule has 7 aromatic rings. The quantitative estimate of drug-likeness (QED) is 0.0531. The van der Waals surface area contributed by atoms with Crippen molar-refractivity contribution >= 4 is 46.4 Å². The van der Waals surface area contributed by atoms with E-state index in [1.54, 1.807) is 0 Å². The van der Waals surface area contributed by atoms with E-state index in [2.05, 4.69) is 201 Å². The first-order valence-electron chi connectivity index (χ1n) is 21.6. The summed E-state index contributed by atoms with van der Waals surface area (Å²) >= 11 is 0. The molecule has 0 amide bonds. The van der Waals surface area contributed by atoms with E-state index in [1.165, 1.54) is 87.9 Å². The number of unbranched alkanes of at least 4 members (excludes halogenated alkanes) is 7. The lowest BCUT2D eigenvalue weighted by molar-refractivity contribution is 0.301. The summed E-state index contributed by atoms with van der Waals surface area (Å²) in [5, 5.41) is 8.14. The zero-order chi connectivity index (χ0) is 40.6. The molecule has 0 spiro atoms. The topological polar surface area (TPSA) is 18.5 Å². The Hall–Kier alpha value is -5.00. The normalized spacial score (nSPS) is 11.6. The number of methoxy groups -OCH3 is 1. The van der Waals surface area contributed by atoms with E-state index in [-0.39, 0.29) is 0 Å². The highest BCUT2D eigenvalue weighted by Crippen LogP contribution is 2.62. The highest BCUT2D eigenvalue weighted by atomic mass is 31.2. The highest BCUT2D eigenvalue weighted by Gasteiger charge is 2.48. The van der Waals surface area contributed by atoms with Crippen LogP contribution in [0.5, 0.6) is 11.5 Å². The van der Waals surface area contributed by atoms with Crippen LogP contribution < -0.4 is 41.3 Å². The maximum absolute atomic E-state index is 7.08. The Balaban J connectivity index is 1.37. The smallest absolute Gasteiger partial charge is 0.126 e. The molecule has 0 heterocycles. The van der Waals surface area contributed by atoms with E-state index in [0.29, 0.717) is 6.61 Å². The second kappa shape index (κ2) is 21.3. The van der Waals surface area contributed by atoms with Crippen LogP contribution in [0, 0.1) is 0 Å². The summed E-state index contributed by atoms with van der Waals surface area (Å²) < 4.78 is 13.6. The van der Waals surface area contributed by atoms with Crippen LogP contribution in [0.2, 0.25) is 0 Å². The molecule has 0 unspecified atom stereocenters. The SMILES string of the molecule is CCCCCCCCCCOc1cc(C[P+](c2ccccc2)(c2ccccc2)c2ccccc2)c(OC)cc1C[P+](c1ccccc1)(c1ccccc1)c1ccccc1. The van der Waals surface area contributed by atoms with Gasteiger partial charge in [0.2, 0.25) is 0 Å². The predicted octanol–water partition coefficient (Wildman–Crippen LogP) is 12.2. The van der Waals surface area contributed by atoms with Crippen molar-refractivity contribution < 1.29 is 9.47 Å². The molecule has 4 heteroatoms. The van der Waals surface area contributed by atoms with Crippen molar-refractivity contribution in [2.24, 2.45) is 0 Å². The molecule has 0 bridgehead atoms. The molecule has 0 saturated carbocycles. The van der Waals surface area contributed by atoms with Gasteiger partial charge in [0, 0.05) is 11.1 Å². The molecule has 0 saturated heterocycles. The summed E-state index contributed by atoms with van der Waals surface area (Å²) in [4.78, 5) is 0. The van der Waals surface area contributed by atoms with Crippen LogP contribution in [-0.4, -0.2) is 13.7 Å². The van der Waals surface area contributed by atoms with E-state index in [1.807, 2.05) is 7.11 Å². The lowest BCUT2D eigenvalue weighted by Crippen LogP contribution is -2.33. The van der Waals surface area contributed by atoms with Crippen LogP contribution >= 0.6 is 14.5 Å². The zero-order valence-electron chi connectivity index (χ0n) is 35.0. The van der Waals surface area contributed by atoms with Gasteiger partial charge in [-0.2, -0.15) is 0 Å². The maximum Gasteiger partial charge on any atom is 0.126 e. The van der Waals surface area contributed by atoms with Gasteiger partial charge >= 0.3 is 0 Å². The molecule has 0 aliphatic heterocycles. The summed E-state index contributed by atoms with van der Waals surface area (Å²) in [6, 6.07) is 71.7. The van der Waals surface area contributed by atoms with Crippen molar-refractivity contribution in [3.63, 3.8) is 0 Å². The molecule has 7 aromatic carbocycles. The van der Waals surface area contributed by atoms with E-state index in [4.69, 9.17) is 9.47 Å². The van der Waals surface area contributed by atoms with Crippen LogP contribution in [0.3, 0.4) is 0 Å². The van der Waals surface area contributed by atoms with Crippen molar-refractivity contribution in [1.29, 1.82) is 0 Å². The fourth-order valence-electron chi connectivity index (χ4n) is 8.68. The van der Waals surface area contributed by atoms with Crippen molar-refractivity contribution in [3.8, 4) is 11.5 Å². The third-order valence-electron chi connectivity index (χ3n) is 11.7. The van der Waals surface area contributed by atoms with Crippen LogP contribution in [0.15, 0.2) is 194 Å². The van der Waals surface area contributed by atoms with E-state index >= 15 is 0 Å². The molecule has 0 aliphatic rings. The van der Waals surface area contributed by atoms with E-state index < -0.39 is 14.5 Å². The van der Waals surface area contributed by atoms with Gasteiger partial charge in [-0.25, -0.2) is 0 Å².